The Morgan fingerprint density at radius 3 is 2.21 bits per heavy atom. The zero-order chi connectivity index (χ0) is 24.0. The van der Waals surface area contributed by atoms with Gasteiger partial charge in [-0.25, -0.2) is 0 Å². The van der Waals surface area contributed by atoms with Gasteiger partial charge in [0.1, 0.15) is 58.4 Å². The average Bonchev–Trinajstić information content (AvgIpc) is 2.76. The molecule has 3 aromatic rings. The highest BCUT2D eigenvalue weighted by Crippen LogP contribution is 2.39. The predicted molar refractivity (Wildman–Crippen MR) is 109 cm³/mol. The SMILES string of the molecule is O=c1cc(-c2cc(O)c(O)cc2O)oc2cc(O[C@@H]3OC(CO)[C@@H](O)[C@H](O)C3O)cc(O)c12. The number of phenols is 4. The second-order valence-electron chi connectivity index (χ2n) is 7.46. The summed E-state index contributed by atoms with van der Waals surface area (Å²) in [6, 6.07) is 4.99. The molecule has 2 heterocycles. The van der Waals surface area contributed by atoms with Gasteiger partial charge in [0.25, 0.3) is 0 Å². The van der Waals surface area contributed by atoms with Gasteiger partial charge in [0.05, 0.1) is 12.2 Å². The Morgan fingerprint density at radius 2 is 1.52 bits per heavy atom. The molecule has 4 rings (SSSR count). The third-order valence-corrected chi connectivity index (χ3v) is 5.24. The van der Waals surface area contributed by atoms with Gasteiger partial charge < -0.3 is 54.7 Å². The summed E-state index contributed by atoms with van der Waals surface area (Å²) in [6.45, 7) is -0.672. The number of phenolic OH excluding ortho intramolecular Hbond substituents is 4. The van der Waals surface area contributed by atoms with Crippen molar-refractivity contribution in [2.24, 2.45) is 0 Å². The van der Waals surface area contributed by atoms with Crippen LogP contribution in [0.15, 0.2) is 39.5 Å². The van der Waals surface area contributed by atoms with Crippen molar-refractivity contribution < 1.29 is 54.7 Å². The summed E-state index contributed by atoms with van der Waals surface area (Å²) in [6.07, 6.45) is -7.77. The number of hydrogen-bond acceptors (Lipinski definition) is 12. The lowest BCUT2D eigenvalue weighted by Crippen LogP contribution is -2.60. The summed E-state index contributed by atoms with van der Waals surface area (Å²) in [7, 11) is 0. The lowest BCUT2D eigenvalue weighted by atomic mass is 9.99. The second kappa shape index (κ2) is 8.42. The summed E-state index contributed by atoms with van der Waals surface area (Å²) in [5.41, 5.74) is -1.02. The van der Waals surface area contributed by atoms with Gasteiger partial charge in [-0.2, -0.15) is 0 Å². The molecule has 0 amide bonds. The van der Waals surface area contributed by atoms with E-state index in [1.165, 1.54) is 6.07 Å². The van der Waals surface area contributed by atoms with Gasteiger partial charge in [0.2, 0.25) is 6.29 Å². The van der Waals surface area contributed by atoms with Crippen molar-refractivity contribution in [1.82, 2.24) is 0 Å². The van der Waals surface area contributed by atoms with Crippen LogP contribution in [0.2, 0.25) is 0 Å². The van der Waals surface area contributed by atoms with E-state index >= 15 is 0 Å². The van der Waals surface area contributed by atoms with Crippen LogP contribution in [-0.4, -0.2) is 78.2 Å². The van der Waals surface area contributed by atoms with Crippen molar-refractivity contribution in [3.05, 3.63) is 40.6 Å². The molecule has 1 fully saturated rings. The normalized spacial score (nSPS) is 25.3. The average molecular weight is 464 g/mol. The highest BCUT2D eigenvalue weighted by atomic mass is 16.7. The van der Waals surface area contributed by atoms with Gasteiger partial charge in [-0.05, 0) is 6.07 Å². The lowest BCUT2D eigenvalue weighted by Gasteiger charge is -2.39. The van der Waals surface area contributed by atoms with Crippen LogP contribution in [0.25, 0.3) is 22.3 Å². The fraction of sp³-hybridized carbons (Fsp3) is 0.286. The van der Waals surface area contributed by atoms with Crippen LogP contribution in [0, 0.1) is 0 Å². The highest BCUT2D eigenvalue weighted by Gasteiger charge is 2.44. The number of ether oxygens (including phenoxy) is 2. The molecule has 12 nitrogen and oxygen atoms in total. The first-order valence-corrected chi connectivity index (χ1v) is 9.64. The third kappa shape index (κ3) is 4.01. The summed E-state index contributed by atoms with van der Waals surface area (Å²) in [4.78, 5) is 12.6. The molecule has 2 unspecified atom stereocenters. The Kier molecular flexibility index (Phi) is 5.78. The van der Waals surface area contributed by atoms with Crippen molar-refractivity contribution in [2.45, 2.75) is 30.7 Å². The molecule has 8 N–H and O–H groups in total. The van der Waals surface area contributed by atoms with Gasteiger partial charge in [-0.1, -0.05) is 0 Å². The Morgan fingerprint density at radius 1 is 0.818 bits per heavy atom. The number of aliphatic hydroxyl groups excluding tert-OH is 4. The molecule has 12 heteroatoms. The van der Waals surface area contributed by atoms with Crippen molar-refractivity contribution >= 4 is 11.0 Å². The molecular formula is C21H20O12. The largest absolute Gasteiger partial charge is 0.507 e. The van der Waals surface area contributed by atoms with Gasteiger partial charge in [-0.15, -0.1) is 0 Å². The monoisotopic (exact) mass is 464 g/mol. The molecule has 0 spiro atoms. The Hall–Kier alpha value is -3.55. The van der Waals surface area contributed by atoms with Gasteiger partial charge in [0, 0.05) is 24.3 Å². The summed E-state index contributed by atoms with van der Waals surface area (Å²) in [5.74, 6) is -2.58. The second-order valence-corrected chi connectivity index (χ2v) is 7.46. The third-order valence-electron chi connectivity index (χ3n) is 5.24. The maximum absolute atomic E-state index is 12.6. The summed E-state index contributed by atoms with van der Waals surface area (Å²) < 4.78 is 16.3. The van der Waals surface area contributed by atoms with E-state index in [-0.39, 0.29) is 28.0 Å². The predicted octanol–water partition coefficient (Wildman–Crippen LogP) is -0.539. The molecule has 176 valence electrons. The topological polar surface area (TPSA) is 211 Å². The Balaban J connectivity index is 1.75. The molecule has 1 aromatic heterocycles. The molecule has 1 saturated heterocycles. The Bertz CT molecular complexity index is 1250. The standard InChI is InChI=1S/C21H20O12/c22-6-16-18(28)19(29)20(30)21(33-16)31-7-1-12(26)17-13(27)5-14(32-15(17)2-7)8-3-10(24)11(25)4-9(8)23/h1-5,16,18-26,28-30H,6H2/t16?,18-,19+,20?,21-/m1/s1. The van der Waals surface area contributed by atoms with E-state index in [9.17, 15) is 45.6 Å². The molecule has 33 heavy (non-hydrogen) atoms. The number of hydrogen-bond donors (Lipinski definition) is 8. The first kappa shape index (κ1) is 22.6. The molecule has 0 saturated carbocycles. The fourth-order valence-corrected chi connectivity index (χ4v) is 3.51. The zero-order valence-electron chi connectivity index (χ0n) is 16.7. The van der Waals surface area contributed by atoms with Crippen LogP contribution in [0.1, 0.15) is 0 Å². The molecule has 0 bridgehead atoms. The van der Waals surface area contributed by atoms with Crippen LogP contribution in [-0.2, 0) is 4.74 Å². The maximum Gasteiger partial charge on any atom is 0.229 e. The molecule has 1 aliphatic rings. The number of benzene rings is 2. The van der Waals surface area contributed by atoms with Gasteiger partial charge in [-0.3, -0.25) is 4.79 Å². The molecule has 5 atom stereocenters. The quantitative estimate of drug-likeness (QED) is 0.181. The van der Waals surface area contributed by atoms with E-state index in [0.717, 1.165) is 24.3 Å². The van der Waals surface area contributed by atoms with Crippen molar-refractivity contribution in [1.29, 1.82) is 0 Å². The highest BCUT2D eigenvalue weighted by molar-refractivity contribution is 5.86. The van der Waals surface area contributed by atoms with Crippen LogP contribution in [0.5, 0.6) is 28.7 Å². The fourth-order valence-electron chi connectivity index (χ4n) is 3.51. The summed E-state index contributed by atoms with van der Waals surface area (Å²) >= 11 is 0. The number of fused-ring (bicyclic) bond motifs is 1. The van der Waals surface area contributed by atoms with Crippen LogP contribution in [0.3, 0.4) is 0 Å². The van der Waals surface area contributed by atoms with Crippen molar-refractivity contribution in [2.75, 3.05) is 6.61 Å². The minimum Gasteiger partial charge on any atom is -0.507 e. The molecule has 2 aromatic carbocycles. The van der Waals surface area contributed by atoms with Crippen LogP contribution >= 0.6 is 0 Å². The van der Waals surface area contributed by atoms with E-state index < -0.39 is 65.7 Å². The minimum atomic E-state index is -1.71. The molecule has 1 aliphatic heterocycles. The van der Waals surface area contributed by atoms with E-state index in [1.807, 2.05) is 0 Å². The van der Waals surface area contributed by atoms with E-state index in [2.05, 4.69) is 0 Å². The van der Waals surface area contributed by atoms with E-state index in [1.54, 1.807) is 0 Å². The van der Waals surface area contributed by atoms with Gasteiger partial charge >= 0.3 is 0 Å². The number of aromatic hydroxyl groups is 4. The lowest BCUT2D eigenvalue weighted by molar-refractivity contribution is -0.277. The molecule has 0 radical (unpaired) electrons. The van der Waals surface area contributed by atoms with Crippen molar-refractivity contribution in [3.8, 4) is 40.1 Å². The number of rotatable bonds is 4. The zero-order valence-corrected chi connectivity index (χ0v) is 16.7. The van der Waals surface area contributed by atoms with Gasteiger partial charge in [0.15, 0.2) is 16.9 Å². The first-order valence-electron chi connectivity index (χ1n) is 9.64. The van der Waals surface area contributed by atoms with Crippen LogP contribution in [0.4, 0.5) is 0 Å². The van der Waals surface area contributed by atoms with E-state index in [4.69, 9.17) is 13.9 Å². The molecular weight excluding hydrogens is 444 g/mol. The van der Waals surface area contributed by atoms with Crippen molar-refractivity contribution in [3.63, 3.8) is 0 Å². The van der Waals surface area contributed by atoms with Crippen LogP contribution < -0.4 is 10.2 Å². The smallest absolute Gasteiger partial charge is 0.229 e. The Labute approximate surface area is 184 Å². The van der Waals surface area contributed by atoms with E-state index in [0.29, 0.717) is 0 Å². The minimum absolute atomic E-state index is 0.121. The first-order chi connectivity index (χ1) is 15.6. The molecule has 0 aliphatic carbocycles. The maximum atomic E-state index is 12.6. The number of aliphatic hydroxyl groups is 4. The summed E-state index contributed by atoms with van der Waals surface area (Å²) in [5, 5.41) is 78.5.